The highest BCUT2D eigenvalue weighted by Gasteiger charge is 2.32. The average molecular weight is 516 g/mol. The minimum absolute atomic E-state index is 0.0971. The molecule has 164 valence electrons. The predicted octanol–water partition coefficient (Wildman–Crippen LogP) is 5.18. The van der Waals surface area contributed by atoms with Gasteiger partial charge in [-0.1, -0.05) is 50.2 Å². The maximum absolute atomic E-state index is 12.7. The molecule has 0 spiro atoms. The van der Waals surface area contributed by atoms with E-state index in [0.717, 1.165) is 22.9 Å². The fraction of sp³-hybridized carbons (Fsp3) is 0.476. The van der Waals surface area contributed by atoms with Crippen molar-refractivity contribution in [1.82, 2.24) is 4.90 Å². The van der Waals surface area contributed by atoms with Gasteiger partial charge in [0.1, 0.15) is 4.32 Å². The number of esters is 1. The third kappa shape index (κ3) is 6.72. The summed E-state index contributed by atoms with van der Waals surface area (Å²) in [6.07, 6.45) is 6.34. The number of halogens is 1. The first-order valence-corrected chi connectivity index (χ1v) is 11.8. The van der Waals surface area contributed by atoms with Gasteiger partial charge in [-0.05, 0) is 46.1 Å². The van der Waals surface area contributed by atoms with Gasteiger partial charge in [0.15, 0.2) is 11.5 Å². The van der Waals surface area contributed by atoms with Gasteiger partial charge in [0.05, 0.1) is 36.6 Å². The van der Waals surface area contributed by atoms with Crippen molar-refractivity contribution >= 4 is 62.2 Å². The summed E-state index contributed by atoms with van der Waals surface area (Å²) in [5, 5.41) is 0. The Morgan fingerprint density at radius 3 is 2.70 bits per heavy atom. The maximum Gasteiger partial charge on any atom is 0.307 e. The molecule has 1 fully saturated rings. The Labute approximate surface area is 195 Å². The molecule has 0 radical (unpaired) electrons. The van der Waals surface area contributed by atoms with E-state index < -0.39 is 0 Å². The molecule has 1 amide bonds. The van der Waals surface area contributed by atoms with E-state index in [-0.39, 0.29) is 24.8 Å². The van der Waals surface area contributed by atoms with Crippen molar-refractivity contribution in [3.63, 3.8) is 0 Å². The molecular weight excluding hydrogens is 490 g/mol. The number of thiocarbonyl (C=S) groups is 1. The first-order chi connectivity index (χ1) is 14.4. The molecular formula is C21H26BrNO5S2. The van der Waals surface area contributed by atoms with Crippen LogP contribution in [0.15, 0.2) is 21.5 Å². The molecule has 1 aromatic rings. The fourth-order valence-electron chi connectivity index (χ4n) is 2.82. The number of methoxy groups -OCH3 is 2. The number of unbranched alkanes of at least 4 members (excludes halogenated alkanes) is 3. The van der Waals surface area contributed by atoms with Gasteiger partial charge in [0, 0.05) is 6.54 Å². The van der Waals surface area contributed by atoms with Gasteiger partial charge in [0.2, 0.25) is 0 Å². The molecule has 0 bridgehead atoms. The molecule has 1 aliphatic rings. The summed E-state index contributed by atoms with van der Waals surface area (Å²) in [4.78, 5) is 26.0. The lowest BCUT2D eigenvalue weighted by atomic mass is 10.1. The molecule has 0 saturated carbocycles. The van der Waals surface area contributed by atoms with Gasteiger partial charge in [0.25, 0.3) is 5.91 Å². The van der Waals surface area contributed by atoms with Crippen molar-refractivity contribution in [3.05, 3.63) is 27.1 Å². The number of amides is 1. The Morgan fingerprint density at radius 1 is 1.27 bits per heavy atom. The van der Waals surface area contributed by atoms with E-state index >= 15 is 0 Å². The van der Waals surface area contributed by atoms with E-state index in [1.807, 2.05) is 12.1 Å². The molecule has 0 aliphatic carbocycles. The molecule has 30 heavy (non-hydrogen) atoms. The Morgan fingerprint density at radius 2 is 2.03 bits per heavy atom. The first-order valence-electron chi connectivity index (χ1n) is 9.73. The molecule has 1 saturated heterocycles. The number of benzene rings is 1. The minimum Gasteiger partial charge on any atom is -0.493 e. The average Bonchev–Trinajstić information content (AvgIpc) is 2.99. The van der Waals surface area contributed by atoms with Crippen LogP contribution in [-0.4, -0.2) is 48.5 Å². The lowest BCUT2D eigenvalue weighted by Crippen LogP contribution is -2.30. The van der Waals surface area contributed by atoms with E-state index in [1.54, 1.807) is 13.2 Å². The van der Waals surface area contributed by atoms with Crippen LogP contribution in [0.5, 0.6) is 11.5 Å². The zero-order chi connectivity index (χ0) is 22.1. The van der Waals surface area contributed by atoms with Gasteiger partial charge in [-0.3, -0.25) is 14.5 Å². The summed E-state index contributed by atoms with van der Waals surface area (Å²) < 4.78 is 17.2. The SMILES string of the molecule is CCCCCCOc1c(Br)cc(/C=C2\SC(=S)N(CCC(=O)OC)C2=O)cc1OC. The van der Waals surface area contributed by atoms with Gasteiger partial charge in [-0.2, -0.15) is 0 Å². The number of hydrogen-bond acceptors (Lipinski definition) is 7. The van der Waals surface area contributed by atoms with Crippen LogP contribution in [0.3, 0.4) is 0 Å². The summed E-state index contributed by atoms with van der Waals surface area (Å²) >= 11 is 10.0. The molecule has 0 aromatic heterocycles. The monoisotopic (exact) mass is 515 g/mol. The number of thioether (sulfide) groups is 1. The Balaban J connectivity index is 2.12. The van der Waals surface area contributed by atoms with Gasteiger partial charge in [-0.25, -0.2) is 0 Å². The molecule has 1 aromatic carbocycles. The molecule has 6 nitrogen and oxygen atoms in total. The zero-order valence-electron chi connectivity index (χ0n) is 17.4. The van der Waals surface area contributed by atoms with E-state index in [9.17, 15) is 9.59 Å². The Hall–Kier alpha value is -1.58. The molecule has 1 heterocycles. The number of carbonyl (C=O) groups is 2. The number of hydrogen-bond donors (Lipinski definition) is 0. The van der Waals surface area contributed by atoms with E-state index in [4.69, 9.17) is 21.7 Å². The van der Waals surface area contributed by atoms with Crippen LogP contribution < -0.4 is 9.47 Å². The predicted molar refractivity (Wildman–Crippen MR) is 127 cm³/mol. The second-order valence-corrected chi connectivity index (χ2v) is 9.13. The van der Waals surface area contributed by atoms with Gasteiger partial charge >= 0.3 is 5.97 Å². The third-order valence-corrected chi connectivity index (χ3v) is 6.40. The van der Waals surface area contributed by atoms with Crippen LogP contribution in [-0.2, 0) is 14.3 Å². The number of ether oxygens (including phenoxy) is 3. The van der Waals surface area contributed by atoms with Crippen molar-refractivity contribution in [2.24, 2.45) is 0 Å². The van der Waals surface area contributed by atoms with Crippen molar-refractivity contribution in [3.8, 4) is 11.5 Å². The highest BCUT2D eigenvalue weighted by atomic mass is 79.9. The summed E-state index contributed by atoms with van der Waals surface area (Å²) in [5.41, 5.74) is 0.783. The van der Waals surface area contributed by atoms with Crippen LogP contribution in [0.25, 0.3) is 6.08 Å². The van der Waals surface area contributed by atoms with Crippen LogP contribution in [0, 0.1) is 0 Å². The minimum atomic E-state index is -0.382. The van der Waals surface area contributed by atoms with Crippen molar-refractivity contribution < 1.29 is 23.8 Å². The highest BCUT2D eigenvalue weighted by molar-refractivity contribution is 9.10. The Kier molecular flexibility index (Phi) is 10.1. The normalized spacial score (nSPS) is 15.1. The Bertz CT molecular complexity index is 828. The van der Waals surface area contributed by atoms with Crippen molar-refractivity contribution in [2.45, 2.75) is 39.0 Å². The molecule has 0 N–H and O–H groups in total. The number of nitrogens with zero attached hydrogens (tertiary/aromatic N) is 1. The summed E-state index contributed by atoms with van der Waals surface area (Å²) in [6, 6.07) is 3.71. The second-order valence-electron chi connectivity index (χ2n) is 6.60. The van der Waals surface area contributed by atoms with E-state index in [2.05, 4.69) is 27.6 Å². The number of carbonyl (C=O) groups excluding carboxylic acids is 2. The number of rotatable bonds is 11. The first kappa shape index (κ1) is 24.7. The molecule has 9 heteroatoms. The van der Waals surface area contributed by atoms with Crippen LogP contribution in [0.4, 0.5) is 0 Å². The summed E-state index contributed by atoms with van der Waals surface area (Å²) in [7, 11) is 2.90. The standard InChI is InChI=1S/C21H26BrNO5S2/c1-4-5-6-7-10-28-19-15(22)11-14(12-16(19)26-2)13-17-20(25)23(21(29)30-17)9-8-18(24)27-3/h11-13H,4-10H2,1-3H3/b17-13-. The molecule has 0 atom stereocenters. The molecule has 2 rings (SSSR count). The topological polar surface area (TPSA) is 65.1 Å². The summed E-state index contributed by atoms with van der Waals surface area (Å²) in [5.74, 6) is 0.635. The van der Waals surface area contributed by atoms with Crippen molar-refractivity contribution in [1.29, 1.82) is 0 Å². The highest BCUT2D eigenvalue weighted by Crippen LogP contribution is 2.39. The smallest absolute Gasteiger partial charge is 0.307 e. The lowest BCUT2D eigenvalue weighted by molar-refractivity contribution is -0.140. The van der Waals surface area contributed by atoms with Gasteiger partial charge < -0.3 is 14.2 Å². The van der Waals surface area contributed by atoms with Crippen LogP contribution in [0.2, 0.25) is 0 Å². The zero-order valence-corrected chi connectivity index (χ0v) is 20.6. The maximum atomic E-state index is 12.7. The van der Waals surface area contributed by atoms with Crippen LogP contribution in [0.1, 0.15) is 44.6 Å². The fourth-order valence-corrected chi connectivity index (χ4v) is 4.70. The largest absolute Gasteiger partial charge is 0.493 e. The van der Waals surface area contributed by atoms with E-state index in [0.29, 0.717) is 27.3 Å². The second kappa shape index (κ2) is 12.3. The van der Waals surface area contributed by atoms with Crippen molar-refractivity contribution in [2.75, 3.05) is 27.4 Å². The molecule has 1 aliphatic heterocycles. The third-order valence-electron chi connectivity index (χ3n) is 4.43. The van der Waals surface area contributed by atoms with E-state index in [1.165, 1.54) is 36.6 Å². The molecule has 0 unspecified atom stereocenters. The lowest BCUT2D eigenvalue weighted by Gasteiger charge is -2.14. The quantitative estimate of drug-likeness (QED) is 0.174. The van der Waals surface area contributed by atoms with Crippen LogP contribution >= 0.6 is 39.9 Å². The summed E-state index contributed by atoms with van der Waals surface area (Å²) in [6.45, 7) is 2.99. The van der Waals surface area contributed by atoms with Gasteiger partial charge in [-0.15, -0.1) is 0 Å².